The average Bonchev–Trinajstić information content (AvgIpc) is 2.83. The fourth-order valence-electron chi connectivity index (χ4n) is 2.98. The van der Waals surface area contributed by atoms with Crippen LogP contribution < -0.4 is 30.2 Å². The van der Waals surface area contributed by atoms with Crippen molar-refractivity contribution in [2.45, 2.75) is 27.1 Å². The van der Waals surface area contributed by atoms with Gasteiger partial charge < -0.3 is 18.9 Å². The summed E-state index contributed by atoms with van der Waals surface area (Å²) in [5, 5.41) is 0. The van der Waals surface area contributed by atoms with Gasteiger partial charge in [0.1, 0.15) is 36.2 Å². The van der Waals surface area contributed by atoms with Crippen LogP contribution in [0.4, 0.5) is 0 Å². The molecule has 7 nitrogen and oxygen atoms in total. The van der Waals surface area contributed by atoms with Gasteiger partial charge in [0.2, 0.25) is 0 Å². The van der Waals surface area contributed by atoms with E-state index in [1.165, 1.54) is 0 Å². The number of nitrogens with one attached hydrogen (secondary N) is 1. The fourth-order valence-corrected chi connectivity index (χ4v) is 2.98. The summed E-state index contributed by atoms with van der Waals surface area (Å²) in [6, 6.07) is 20.3. The van der Waals surface area contributed by atoms with Crippen LogP contribution in [0.2, 0.25) is 0 Å². The smallest absolute Gasteiger partial charge is 0.265 e. The standard InChI is InChI=1S/C25H28N2O5/c1-3-29-21-9-5-18(6-10-21)16-31-23-13-20(25(28)27-26)14-24(15-23)32-17-19-7-11-22(12-8-19)30-4-2/h5-15H,3-4,16-17,26H2,1-2H3,(H,27,28). The molecule has 0 aliphatic rings. The van der Waals surface area contributed by atoms with E-state index in [2.05, 4.69) is 5.43 Å². The molecule has 0 aliphatic heterocycles. The number of hydrazine groups is 1. The minimum Gasteiger partial charge on any atom is -0.494 e. The zero-order valence-corrected chi connectivity index (χ0v) is 18.3. The number of nitrogen functional groups attached to an aromatic ring is 1. The lowest BCUT2D eigenvalue weighted by Crippen LogP contribution is -2.30. The summed E-state index contributed by atoms with van der Waals surface area (Å²) in [5.41, 5.74) is 4.43. The van der Waals surface area contributed by atoms with Crippen molar-refractivity contribution >= 4 is 5.91 Å². The molecule has 0 aliphatic carbocycles. The van der Waals surface area contributed by atoms with Crippen LogP contribution >= 0.6 is 0 Å². The van der Waals surface area contributed by atoms with Crippen molar-refractivity contribution in [1.29, 1.82) is 0 Å². The Bertz CT molecular complexity index is 932. The number of benzene rings is 3. The maximum absolute atomic E-state index is 12.1. The molecule has 32 heavy (non-hydrogen) atoms. The van der Waals surface area contributed by atoms with Gasteiger partial charge >= 0.3 is 0 Å². The lowest BCUT2D eigenvalue weighted by atomic mass is 10.2. The zero-order chi connectivity index (χ0) is 22.8. The minimum absolute atomic E-state index is 0.332. The van der Waals surface area contributed by atoms with Crippen LogP contribution in [-0.2, 0) is 13.2 Å². The molecule has 3 N–H and O–H groups in total. The summed E-state index contributed by atoms with van der Waals surface area (Å²) in [5.74, 6) is 7.50. The van der Waals surface area contributed by atoms with Crippen LogP contribution in [-0.4, -0.2) is 19.1 Å². The maximum Gasteiger partial charge on any atom is 0.265 e. The third-order valence-corrected chi connectivity index (χ3v) is 4.55. The highest BCUT2D eigenvalue weighted by molar-refractivity contribution is 5.94. The van der Waals surface area contributed by atoms with Gasteiger partial charge in [-0.3, -0.25) is 10.2 Å². The number of ether oxygens (including phenoxy) is 4. The van der Waals surface area contributed by atoms with Crippen molar-refractivity contribution < 1.29 is 23.7 Å². The third kappa shape index (κ3) is 6.65. The van der Waals surface area contributed by atoms with Crippen LogP contribution in [0.3, 0.4) is 0 Å². The molecule has 1 amide bonds. The lowest BCUT2D eigenvalue weighted by molar-refractivity contribution is 0.0952. The lowest BCUT2D eigenvalue weighted by Gasteiger charge is -2.13. The Morgan fingerprint density at radius 3 is 1.50 bits per heavy atom. The molecule has 0 radical (unpaired) electrons. The van der Waals surface area contributed by atoms with E-state index in [-0.39, 0.29) is 0 Å². The zero-order valence-electron chi connectivity index (χ0n) is 18.3. The van der Waals surface area contributed by atoms with Crippen molar-refractivity contribution in [1.82, 2.24) is 5.43 Å². The Balaban J connectivity index is 1.69. The van der Waals surface area contributed by atoms with E-state index >= 15 is 0 Å². The summed E-state index contributed by atoms with van der Waals surface area (Å²) < 4.78 is 22.7. The van der Waals surface area contributed by atoms with E-state index in [0.29, 0.717) is 43.5 Å². The molecule has 0 unspecified atom stereocenters. The first-order chi connectivity index (χ1) is 15.6. The second kappa shape index (κ2) is 11.6. The van der Waals surface area contributed by atoms with E-state index in [1.54, 1.807) is 18.2 Å². The van der Waals surface area contributed by atoms with Crippen LogP contribution in [0.1, 0.15) is 35.3 Å². The SMILES string of the molecule is CCOc1ccc(COc2cc(OCc3ccc(OCC)cc3)cc(C(=O)NN)c2)cc1. The fraction of sp³-hybridized carbons (Fsp3) is 0.240. The molecule has 0 heterocycles. The number of amides is 1. The second-order valence-electron chi connectivity index (χ2n) is 6.90. The minimum atomic E-state index is -0.428. The van der Waals surface area contributed by atoms with Crippen molar-refractivity contribution in [3.63, 3.8) is 0 Å². The first-order valence-corrected chi connectivity index (χ1v) is 10.5. The molecule has 0 saturated heterocycles. The van der Waals surface area contributed by atoms with Crippen molar-refractivity contribution in [3.8, 4) is 23.0 Å². The van der Waals surface area contributed by atoms with E-state index < -0.39 is 5.91 Å². The normalized spacial score (nSPS) is 10.3. The van der Waals surface area contributed by atoms with Crippen LogP contribution in [0.25, 0.3) is 0 Å². The van der Waals surface area contributed by atoms with E-state index in [0.717, 1.165) is 22.6 Å². The van der Waals surface area contributed by atoms with Gasteiger partial charge in [-0.15, -0.1) is 0 Å². The molecule has 3 aromatic rings. The number of hydrogen-bond donors (Lipinski definition) is 2. The molecule has 7 heteroatoms. The van der Waals surface area contributed by atoms with Crippen LogP contribution in [0, 0.1) is 0 Å². The van der Waals surface area contributed by atoms with E-state index in [9.17, 15) is 4.79 Å². The highest BCUT2D eigenvalue weighted by Crippen LogP contribution is 2.25. The Labute approximate surface area is 188 Å². The summed E-state index contributed by atoms with van der Waals surface area (Å²) in [7, 11) is 0. The first-order valence-electron chi connectivity index (χ1n) is 10.5. The summed E-state index contributed by atoms with van der Waals surface area (Å²) in [6.07, 6.45) is 0. The average molecular weight is 437 g/mol. The molecular formula is C25H28N2O5. The largest absolute Gasteiger partial charge is 0.494 e. The molecule has 0 fully saturated rings. The summed E-state index contributed by atoms with van der Waals surface area (Å²) in [4.78, 5) is 12.1. The van der Waals surface area contributed by atoms with Gasteiger partial charge in [-0.1, -0.05) is 24.3 Å². The van der Waals surface area contributed by atoms with Gasteiger partial charge in [0.15, 0.2) is 0 Å². The number of carbonyl (C=O) groups is 1. The number of carbonyl (C=O) groups excluding carboxylic acids is 1. The van der Waals surface area contributed by atoms with Gasteiger partial charge in [-0.25, -0.2) is 5.84 Å². The monoisotopic (exact) mass is 436 g/mol. The molecule has 3 aromatic carbocycles. The highest BCUT2D eigenvalue weighted by Gasteiger charge is 2.10. The summed E-state index contributed by atoms with van der Waals surface area (Å²) >= 11 is 0. The molecular weight excluding hydrogens is 408 g/mol. The molecule has 0 aromatic heterocycles. The Morgan fingerprint density at radius 1 is 0.688 bits per heavy atom. The summed E-state index contributed by atoms with van der Waals surface area (Å²) in [6.45, 7) is 5.78. The Kier molecular flexibility index (Phi) is 8.34. The topological polar surface area (TPSA) is 92.0 Å². The van der Waals surface area contributed by atoms with Gasteiger partial charge in [0.05, 0.1) is 13.2 Å². The number of hydrogen-bond acceptors (Lipinski definition) is 6. The van der Waals surface area contributed by atoms with E-state index in [4.69, 9.17) is 24.8 Å². The Hall–Kier alpha value is -3.71. The highest BCUT2D eigenvalue weighted by atomic mass is 16.5. The van der Waals surface area contributed by atoms with Gasteiger partial charge in [0.25, 0.3) is 5.91 Å². The van der Waals surface area contributed by atoms with Gasteiger partial charge in [0, 0.05) is 11.6 Å². The molecule has 0 atom stereocenters. The van der Waals surface area contributed by atoms with Crippen molar-refractivity contribution in [2.24, 2.45) is 5.84 Å². The van der Waals surface area contributed by atoms with Crippen LogP contribution in [0.15, 0.2) is 66.7 Å². The molecule has 0 saturated carbocycles. The predicted octanol–water partition coefficient (Wildman–Crippen LogP) is 4.25. The molecule has 0 bridgehead atoms. The van der Waals surface area contributed by atoms with Gasteiger partial charge in [-0.2, -0.15) is 0 Å². The predicted molar refractivity (Wildman–Crippen MR) is 122 cm³/mol. The van der Waals surface area contributed by atoms with Crippen LogP contribution in [0.5, 0.6) is 23.0 Å². The molecule has 168 valence electrons. The maximum atomic E-state index is 12.1. The first kappa shape index (κ1) is 23.0. The third-order valence-electron chi connectivity index (χ3n) is 4.55. The quantitative estimate of drug-likeness (QED) is 0.265. The van der Waals surface area contributed by atoms with Crippen molar-refractivity contribution in [2.75, 3.05) is 13.2 Å². The number of nitrogens with two attached hydrogens (primary N) is 1. The molecule has 0 spiro atoms. The van der Waals surface area contributed by atoms with Crippen molar-refractivity contribution in [3.05, 3.63) is 83.4 Å². The van der Waals surface area contributed by atoms with Gasteiger partial charge in [-0.05, 0) is 61.4 Å². The van der Waals surface area contributed by atoms with E-state index in [1.807, 2.05) is 62.4 Å². The second-order valence-corrected chi connectivity index (χ2v) is 6.90. The molecule has 3 rings (SSSR count). The number of rotatable bonds is 11. The Morgan fingerprint density at radius 2 is 1.12 bits per heavy atom.